The minimum absolute atomic E-state index is 0.153. The van der Waals surface area contributed by atoms with Crippen LogP contribution < -0.4 is 5.73 Å². The van der Waals surface area contributed by atoms with Gasteiger partial charge in [0.05, 0.1) is 5.66 Å². The molecule has 0 radical (unpaired) electrons. The van der Waals surface area contributed by atoms with Gasteiger partial charge in [0.1, 0.15) is 0 Å². The van der Waals surface area contributed by atoms with E-state index in [-0.39, 0.29) is 5.66 Å². The Morgan fingerprint density at radius 1 is 1.00 bits per heavy atom. The summed E-state index contributed by atoms with van der Waals surface area (Å²) in [7, 11) is 0. The van der Waals surface area contributed by atoms with Gasteiger partial charge >= 0.3 is 0 Å². The number of rotatable bonds is 1. The monoisotopic (exact) mass is 140 g/mol. The van der Waals surface area contributed by atoms with E-state index in [0.717, 1.165) is 0 Å². The molecule has 1 aliphatic carbocycles. The molecule has 0 atom stereocenters. The van der Waals surface area contributed by atoms with Crippen LogP contribution in [-0.2, 0) is 0 Å². The van der Waals surface area contributed by atoms with Crippen molar-refractivity contribution in [2.75, 3.05) is 13.1 Å². The van der Waals surface area contributed by atoms with Gasteiger partial charge in [-0.1, -0.05) is 6.42 Å². The fourth-order valence-corrected chi connectivity index (χ4v) is 1.78. The molecule has 0 aromatic rings. The highest BCUT2D eigenvalue weighted by Gasteiger charge is 2.43. The lowest BCUT2D eigenvalue weighted by Crippen LogP contribution is -2.46. The summed E-state index contributed by atoms with van der Waals surface area (Å²) < 4.78 is 0. The van der Waals surface area contributed by atoms with Crippen molar-refractivity contribution in [3.8, 4) is 0 Å². The molecule has 0 aromatic heterocycles. The minimum Gasteiger partial charge on any atom is -0.313 e. The number of nitrogens with zero attached hydrogens (tertiary/aromatic N) is 1. The van der Waals surface area contributed by atoms with Crippen LogP contribution in [0, 0.1) is 0 Å². The highest BCUT2D eigenvalue weighted by molar-refractivity contribution is 4.98. The molecule has 10 heavy (non-hydrogen) atoms. The smallest absolute Gasteiger partial charge is 0.0689 e. The van der Waals surface area contributed by atoms with Crippen molar-refractivity contribution in [1.82, 2.24) is 4.90 Å². The quantitative estimate of drug-likeness (QED) is 0.587. The zero-order chi connectivity index (χ0) is 7.03. The maximum absolute atomic E-state index is 6.05. The number of piperidine rings is 1. The van der Waals surface area contributed by atoms with Crippen molar-refractivity contribution in [3.63, 3.8) is 0 Å². The molecule has 1 saturated carbocycles. The molecule has 58 valence electrons. The first-order valence-electron chi connectivity index (χ1n) is 4.35. The van der Waals surface area contributed by atoms with E-state index in [0.29, 0.717) is 0 Å². The van der Waals surface area contributed by atoms with E-state index < -0.39 is 0 Å². The normalized spacial score (nSPS) is 32.1. The van der Waals surface area contributed by atoms with E-state index in [1.54, 1.807) is 0 Å². The summed E-state index contributed by atoms with van der Waals surface area (Å²) in [6.07, 6.45) is 6.59. The van der Waals surface area contributed by atoms with Gasteiger partial charge in [0.2, 0.25) is 0 Å². The average molecular weight is 140 g/mol. The fourth-order valence-electron chi connectivity index (χ4n) is 1.78. The zero-order valence-corrected chi connectivity index (χ0v) is 6.47. The van der Waals surface area contributed by atoms with E-state index >= 15 is 0 Å². The van der Waals surface area contributed by atoms with Crippen LogP contribution >= 0.6 is 0 Å². The first-order chi connectivity index (χ1) is 4.81. The maximum atomic E-state index is 6.05. The van der Waals surface area contributed by atoms with Gasteiger partial charge < -0.3 is 5.73 Å². The summed E-state index contributed by atoms with van der Waals surface area (Å²) >= 11 is 0. The molecule has 0 aromatic carbocycles. The van der Waals surface area contributed by atoms with Crippen molar-refractivity contribution < 1.29 is 0 Å². The number of hydrogen-bond donors (Lipinski definition) is 1. The van der Waals surface area contributed by atoms with Crippen LogP contribution in [0.1, 0.15) is 32.1 Å². The lowest BCUT2D eigenvalue weighted by molar-refractivity contribution is 0.149. The van der Waals surface area contributed by atoms with Crippen molar-refractivity contribution in [2.45, 2.75) is 37.8 Å². The van der Waals surface area contributed by atoms with Crippen molar-refractivity contribution >= 4 is 0 Å². The molecule has 2 N–H and O–H groups in total. The largest absolute Gasteiger partial charge is 0.313 e. The standard InChI is InChI=1S/C8H16N2/c9-8(4-5-8)10-6-2-1-3-7-10/h1-7,9H2. The highest BCUT2D eigenvalue weighted by Crippen LogP contribution is 2.37. The molecule has 2 rings (SSSR count). The fraction of sp³-hybridized carbons (Fsp3) is 1.00. The molecule has 1 aliphatic heterocycles. The molecule has 2 aliphatic rings. The Morgan fingerprint density at radius 2 is 1.60 bits per heavy atom. The third-order valence-electron chi connectivity index (χ3n) is 2.75. The van der Waals surface area contributed by atoms with Crippen LogP contribution in [0.2, 0.25) is 0 Å². The van der Waals surface area contributed by atoms with Gasteiger partial charge in [-0.15, -0.1) is 0 Å². The van der Waals surface area contributed by atoms with E-state index in [4.69, 9.17) is 5.73 Å². The SMILES string of the molecule is NC1(N2CCCCC2)CC1. The van der Waals surface area contributed by atoms with Crippen LogP contribution in [0.25, 0.3) is 0 Å². The Hall–Kier alpha value is -0.0800. The Bertz CT molecular complexity index is 123. The lowest BCUT2D eigenvalue weighted by atomic mass is 10.1. The second kappa shape index (κ2) is 2.21. The Labute approximate surface area is 62.4 Å². The van der Waals surface area contributed by atoms with Crippen molar-refractivity contribution in [2.24, 2.45) is 5.73 Å². The Balaban J connectivity index is 1.91. The van der Waals surface area contributed by atoms with Crippen LogP contribution in [-0.4, -0.2) is 23.7 Å². The second-order valence-electron chi connectivity index (χ2n) is 3.65. The van der Waals surface area contributed by atoms with Crippen LogP contribution in [0.15, 0.2) is 0 Å². The summed E-state index contributed by atoms with van der Waals surface area (Å²) in [4.78, 5) is 2.47. The van der Waals surface area contributed by atoms with E-state index in [1.165, 1.54) is 45.2 Å². The van der Waals surface area contributed by atoms with Crippen molar-refractivity contribution in [3.05, 3.63) is 0 Å². The lowest BCUT2D eigenvalue weighted by Gasteiger charge is -2.32. The van der Waals surface area contributed by atoms with Gasteiger partial charge in [-0.25, -0.2) is 0 Å². The topological polar surface area (TPSA) is 29.3 Å². The van der Waals surface area contributed by atoms with Crippen molar-refractivity contribution in [1.29, 1.82) is 0 Å². The molecule has 0 bridgehead atoms. The second-order valence-corrected chi connectivity index (χ2v) is 3.65. The van der Waals surface area contributed by atoms with Gasteiger partial charge in [-0.05, 0) is 38.8 Å². The van der Waals surface area contributed by atoms with Crippen LogP contribution in [0.3, 0.4) is 0 Å². The molecule has 0 amide bonds. The third kappa shape index (κ3) is 1.06. The Kier molecular flexibility index (Phi) is 1.46. The first kappa shape index (κ1) is 6.62. The van der Waals surface area contributed by atoms with E-state index in [1.807, 2.05) is 0 Å². The molecule has 0 spiro atoms. The Morgan fingerprint density at radius 3 is 2.10 bits per heavy atom. The molecule has 2 fully saturated rings. The van der Waals surface area contributed by atoms with Crippen LogP contribution in [0.4, 0.5) is 0 Å². The first-order valence-corrected chi connectivity index (χ1v) is 4.35. The van der Waals surface area contributed by atoms with E-state index in [2.05, 4.69) is 4.90 Å². The molecule has 1 saturated heterocycles. The number of nitrogens with two attached hydrogens (primary N) is 1. The third-order valence-corrected chi connectivity index (χ3v) is 2.75. The van der Waals surface area contributed by atoms with Gasteiger partial charge in [0.25, 0.3) is 0 Å². The molecular weight excluding hydrogens is 124 g/mol. The predicted molar refractivity (Wildman–Crippen MR) is 41.6 cm³/mol. The molecule has 0 unspecified atom stereocenters. The van der Waals surface area contributed by atoms with Gasteiger partial charge in [0, 0.05) is 0 Å². The summed E-state index contributed by atoms with van der Waals surface area (Å²) in [5.74, 6) is 0. The molecular formula is C8H16N2. The molecule has 2 nitrogen and oxygen atoms in total. The average Bonchev–Trinajstić information content (AvgIpc) is 2.72. The van der Waals surface area contributed by atoms with Gasteiger partial charge in [0.15, 0.2) is 0 Å². The minimum atomic E-state index is 0.153. The summed E-state index contributed by atoms with van der Waals surface area (Å²) in [5, 5.41) is 0. The maximum Gasteiger partial charge on any atom is 0.0689 e. The van der Waals surface area contributed by atoms with Gasteiger partial charge in [-0.3, -0.25) is 4.90 Å². The molecule has 2 heteroatoms. The summed E-state index contributed by atoms with van der Waals surface area (Å²) in [5.41, 5.74) is 6.20. The van der Waals surface area contributed by atoms with Gasteiger partial charge in [-0.2, -0.15) is 0 Å². The zero-order valence-electron chi connectivity index (χ0n) is 6.47. The predicted octanol–water partition coefficient (Wildman–Crippen LogP) is 0.921. The number of likely N-dealkylation sites (tertiary alicyclic amines) is 1. The molecule has 1 heterocycles. The summed E-state index contributed by atoms with van der Waals surface area (Å²) in [6, 6.07) is 0. The summed E-state index contributed by atoms with van der Waals surface area (Å²) in [6.45, 7) is 2.49. The van der Waals surface area contributed by atoms with Crippen LogP contribution in [0.5, 0.6) is 0 Å². The highest BCUT2D eigenvalue weighted by atomic mass is 15.3. The van der Waals surface area contributed by atoms with E-state index in [9.17, 15) is 0 Å². The number of hydrogen-bond acceptors (Lipinski definition) is 2.